The van der Waals surface area contributed by atoms with Crippen molar-refractivity contribution in [2.24, 2.45) is 0 Å². The van der Waals surface area contributed by atoms with Gasteiger partial charge in [0.15, 0.2) is 0 Å². The predicted octanol–water partition coefficient (Wildman–Crippen LogP) is 2.45. The maximum atomic E-state index is 5.16. The van der Waals surface area contributed by atoms with Crippen molar-refractivity contribution in [2.75, 3.05) is 6.54 Å². The number of hydrogen-bond acceptors (Lipinski definition) is 3. The summed E-state index contributed by atoms with van der Waals surface area (Å²) in [4.78, 5) is 0. The van der Waals surface area contributed by atoms with Gasteiger partial charge in [0.05, 0.1) is 5.69 Å². The highest BCUT2D eigenvalue weighted by Gasteiger charge is 2.12. The van der Waals surface area contributed by atoms with E-state index in [1.54, 1.807) is 0 Å². The van der Waals surface area contributed by atoms with Crippen molar-refractivity contribution >= 4 is 0 Å². The first-order valence-electron chi connectivity index (χ1n) is 6.00. The summed E-state index contributed by atoms with van der Waals surface area (Å²) in [7, 11) is 0. The van der Waals surface area contributed by atoms with Gasteiger partial charge in [-0.1, -0.05) is 24.4 Å². The lowest BCUT2D eigenvalue weighted by molar-refractivity contribution is 0.353. The summed E-state index contributed by atoms with van der Waals surface area (Å²) in [5, 5.41) is 7.47. The van der Waals surface area contributed by atoms with E-state index in [0.29, 0.717) is 0 Å². The van der Waals surface area contributed by atoms with Crippen LogP contribution in [0.4, 0.5) is 0 Å². The Morgan fingerprint density at radius 3 is 2.87 bits per heavy atom. The number of nitrogens with one attached hydrogen (secondary N) is 1. The lowest BCUT2D eigenvalue weighted by Gasteiger charge is -2.22. The molecule has 1 fully saturated rings. The Bertz CT molecular complexity index is 290. The molecule has 0 saturated heterocycles. The molecule has 1 aliphatic carbocycles. The Balaban J connectivity index is 1.65. The minimum atomic E-state index is 0.739. The van der Waals surface area contributed by atoms with E-state index in [9.17, 15) is 0 Å². The molecule has 1 aromatic rings. The maximum Gasteiger partial charge on any atom is 0.138 e. The average Bonchev–Trinajstić information content (AvgIpc) is 2.66. The molecule has 1 saturated carbocycles. The molecule has 0 atom stereocenters. The second-order valence-electron chi connectivity index (χ2n) is 4.47. The summed E-state index contributed by atoms with van der Waals surface area (Å²) in [6, 6.07) is 2.76. The molecule has 1 heterocycles. The van der Waals surface area contributed by atoms with E-state index >= 15 is 0 Å². The van der Waals surface area contributed by atoms with Crippen molar-refractivity contribution in [3.8, 4) is 0 Å². The van der Waals surface area contributed by atoms with Gasteiger partial charge in [-0.2, -0.15) is 0 Å². The van der Waals surface area contributed by atoms with E-state index < -0.39 is 0 Å². The zero-order valence-electron chi connectivity index (χ0n) is 9.46. The van der Waals surface area contributed by atoms with E-state index in [4.69, 9.17) is 4.52 Å². The summed E-state index contributed by atoms with van der Waals surface area (Å²) in [5.74, 6) is 0.996. The van der Waals surface area contributed by atoms with Crippen molar-refractivity contribution in [1.29, 1.82) is 0 Å². The first-order chi connectivity index (χ1) is 7.34. The van der Waals surface area contributed by atoms with Crippen LogP contribution < -0.4 is 5.32 Å². The van der Waals surface area contributed by atoms with Crippen molar-refractivity contribution in [3.63, 3.8) is 0 Å². The van der Waals surface area contributed by atoms with Crippen molar-refractivity contribution in [2.45, 2.75) is 51.5 Å². The van der Waals surface area contributed by atoms with Gasteiger partial charge in [-0.3, -0.25) is 0 Å². The Labute approximate surface area is 91.2 Å². The minimum Gasteiger partial charge on any atom is -0.361 e. The van der Waals surface area contributed by atoms with Gasteiger partial charge >= 0.3 is 0 Å². The van der Waals surface area contributed by atoms with E-state index in [1.807, 2.05) is 13.0 Å². The highest BCUT2D eigenvalue weighted by atomic mass is 16.5. The van der Waals surface area contributed by atoms with Gasteiger partial charge in [-0.05, 0) is 19.8 Å². The summed E-state index contributed by atoms with van der Waals surface area (Å²) in [5.41, 5.74) is 0.975. The zero-order valence-corrected chi connectivity index (χ0v) is 9.46. The summed E-state index contributed by atoms with van der Waals surface area (Å²) in [6.07, 6.45) is 7.83. The maximum absolute atomic E-state index is 5.16. The summed E-state index contributed by atoms with van der Waals surface area (Å²) in [6.45, 7) is 2.97. The fraction of sp³-hybridized carbons (Fsp3) is 0.750. The van der Waals surface area contributed by atoms with Gasteiger partial charge in [0.25, 0.3) is 0 Å². The number of nitrogens with zero attached hydrogens (tertiary/aromatic N) is 1. The van der Waals surface area contributed by atoms with E-state index in [-0.39, 0.29) is 0 Å². The van der Waals surface area contributed by atoms with Crippen LogP contribution in [0.3, 0.4) is 0 Å². The highest BCUT2D eigenvalue weighted by Crippen LogP contribution is 2.17. The Morgan fingerprint density at radius 1 is 1.40 bits per heavy atom. The second kappa shape index (κ2) is 5.31. The molecule has 0 spiro atoms. The van der Waals surface area contributed by atoms with Crippen LogP contribution >= 0.6 is 0 Å². The molecule has 3 heteroatoms. The molecule has 0 unspecified atom stereocenters. The fourth-order valence-electron chi connectivity index (χ4n) is 2.24. The molecule has 0 aromatic carbocycles. The Morgan fingerprint density at radius 2 is 2.20 bits per heavy atom. The standard InChI is InChI=1S/C12H20N2O/c1-10-9-12(15-14-10)7-8-13-11-5-3-2-4-6-11/h9,11,13H,2-8H2,1H3. The van der Waals surface area contributed by atoms with Crippen LogP contribution in [-0.4, -0.2) is 17.7 Å². The van der Waals surface area contributed by atoms with Crippen LogP contribution in [0.1, 0.15) is 43.6 Å². The molecule has 2 rings (SSSR count). The van der Waals surface area contributed by atoms with Crippen molar-refractivity contribution in [3.05, 3.63) is 17.5 Å². The lowest BCUT2D eigenvalue weighted by Crippen LogP contribution is -2.32. The summed E-state index contributed by atoms with van der Waals surface area (Å²) < 4.78 is 5.16. The number of aryl methyl sites for hydroxylation is 1. The molecule has 1 N–H and O–H groups in total. The third-order valence-corrected chi connectivity index (χ3v) is 3.09. The predicted molar refractivity (Wildman–Crippen MR) is 59.8 cm³/mol. The van der Waals surface area contributed by atoms with Gasteiger partial charge in [0, 0.05) is 25.1 Å². The highest BCUT2D eigenvalue weighted by molar-refractivity contribution is 5.03. The van der Waals surface area contributed by atoms with Crippen LogP contribution in [-0.2, 0) is 6.42 Å². The Kier molecular flexibility index (Phi) is 3.78. The number of aromatic nitrogens is 1. The summed E-state index contributed by atoms with van der Waals surface area (Å²) >= 11 is 0. The monoisotopic (exact) mass is 208 g/mol. The zero-order chi connectivity index (χ0) is 10.5. The van der Waals surface area contributed by atoms with Gasteiger partial charge in [-0.15, -0.1) is 0 Å². The first kappa shape index (κ1) is 10.7. The minimum absolute atomic E-state index is 0.739. The molecule has 1 aromatic heterocycles. The van der Waals surface area contributed by atoms with Crippen LogP contribution in [0.5, 0.6) is 0 Å². The third kappa shape index (κ3) is 3.34. The van der Waals surface area contributed by atoms with Gasteiger partial charge in [-0.25, -0.2) is 0 Å². The van der Waals surface area contributed by atoms with Crippen LogP contribution in [0, 0.1) is 6.92 Å². The molecule has 0 amide bonds. The molecular weight excluding hydrogens is 188 g/mol. The molecule has 1 aliphatic rings. The SMILES string of the molecule is Cc1cc(CCNC2CCCCC2)on1. The molecular formula is C12H20N2O. The van der Waals surface area contributed by atoms with E-state index in [2.05, 4.69) is 10.5 Å². The van der Waals surface area contributed by atoms with Crippen molar-refractivity contribution < 1.29 is 4.52 Å². The number of hydrogen-bond donors (Lipinski definition) is 1. The topological polar surface area (TPSA) is 38.1 Å². The van der Waals surface area contributed by atoms with Crippen molar-refractivity contribution in [1.82, 2.24) is 10.5 Å². The largest absolute Gasteiger partial charge is 0.361 e. The first-order valence-corrected chi connectivity index (χ1v) is 6.00. The van der Waals surface area contributed by atoms with E-state index in [0.717, 1.165) is 30.5 Å². The third-order valence-electron chi connectivity index (χ3n) is 3.09. The van der Waals surface area contributed by atoms with Gasteiger partial charge in [0.2, 0.25) is 0 Å². The molecule has 84 valence electrons. The lowest BCUT2D eigenvalue weighted by atomic mass is 9.95. The van der Waals surface area contributed by atoms with Gasteiger partial charge < -0.3 is 9.84 Å². The molecule has 0 radical (unpaired) electrons. The van der Waals surface area contributed by atoms with E-state index in [1.165, 1.54) is 32.1 Å². The van der Waals surface area contributed by atoms with Crippen LogP contribution in [0.15, 0.2) is 10.6 Å². The average molecular weight is 208 g/mol. The molecule has 0 aliphatic heterocycles. The number of rotatable bonds is 4. The molecule has 3 nitrogen and oxygen atoms in total. The Hall–Kier alpha value is -0.830. The molecule has 0 bridgehead atoms. The van der Waals surface area contributed by atoms with Crippen LogP contribution in [0.25, 0.3) is 0 Å². The smallest absolute Gasteiger partial charge is 0.138 e. The quantitative estimate of drug-likeness (QED) is 0.826. The van der Waals surface area contributed by atoms with Gasteiger partial charge in [0.1, 0.15) is 5.76 Å². The second-order valence-corrected chi connectivity index (χ2v) is 4.47. The van der Waals surface area contributed by atoms with Crippen LogP contribution in [0.2, 0.25) is 0 Å². The normalized spacial score (nSPS) is 18.2. The molecule has 15 heavy (non-hydrogen) atoms. The fourth-order valence-corrected chi connectivity index (χ4v) is 2.24.